The standard InChI is InChI=1S/C18H20ClNO/c1-13(2)20(14(3)15-9-5-4-6-10-15)18(21)16-11-7-8-12-17(16)19/h4-14H,1-3H3. The quantitative estimate of drug-likeness (QED) is 0.782. The second kappa shape index (κ2) is 6.77. The number of hydrogen-bond donors (Lipinski definition) is 0. The Balaban J connectivity index is 2.36. The summed E-state index contributed by atoms with van der Waals surface area (Å²) in [5.74, 6) is -0.0352. The molecule has 0 N–H and O–H groups in total. The Morgan fingerprint density at radius 2 is 1.52 bits per heavy atom. The number of carbonyl (C=O) groups excluding carboxylic acids is 1. The first-order chi connectivity index (χ1) is 10.0. The van der Waals surface area contributed by atoms with Crippen molar-refractivity contribution in [2.24, 2.45) is 0 Å². The lowest BCUT2D eigenvalue weighted by molar-refractivity contribution is 0.0624. The highest BCUT2D eigenvalue weighted by atomic mass is 35.5. The fraction of sp³-hybridized carbons (Fsp3) is 0.278. The Morgan fingerprint density at radius 3 is 2.10 bits per heavy atom. The SMILES string of the molecule is CC(C)N(C(=O)c1ccccc1Cl)C(C)c1ccccc1. The summed E-state index contributed by atoms with van der Waals surface area (Å²) in [6.45, 7) is 6.09. The lowest BCUT2D eigenvalue weighted by Crippen LogP contribution is -2.39. The van der Waals surface area contributed by atoms with E-state index in [-0.39, 0.29) is 18.0 Å². The predicted molar refractivity (Wildman–Crippen MR) is 87.6 cm³/mol. The third kappa shape index (κ3) is 3.45. The fourth-order valence-electron chi connectivity index (χ4n) is 2.52. The number of rotatable bonds is 4. The molecule has 1 amide bonds. The summed E-state index contributed by atoms with van der Waals surface area (Å²) in [5, 5.41) is 0.494. The highest BCUT2D eigenvalue weighted by Gasteiger charge is 2.26. The van der Waals surface area contributed by atoms with Crippen LogP contribution in [0, 0.1) is 0 Å². The van der Waals surface area contributed by atoms with Gasteiger partial charge in [0.1, 0.15) is 0 Å². The maximum Gasteiger partial charge on any atom is 0.256 e. The van der Waals surface area contributed by atoms with Gasteiger partial charge in [-0.1, -0.05) is 54.1 Å². The van der Waals surface area contributed by atoms with Gasteiger partial charge in [-0.25, -0.2) is 0 Å². The van der Waals surface area contributed by atoms with E-state index in [0.29, 0.717) is 10.6 Å². The monoisotopic (exact) mass is 301 g/mol. The molecule has 0 aliphatic rings. The Morgan fingerprint density at radius 1 is 0.952 bits per heavy atom. The van der Waals surface area contributed by atoms with Crippen molar-refractivity contribution in [2.75, 3.05) is 0 Å². The van der Waals surface area contributed by atoms with Crippen molar-refractivity contribution < 1.29 is 4.79 Å². The highest BCUT2D eigenvalue weighted by molar-refractivity contribution is 6.33. The summed E-state index contributed by atoms with van der Waals surface area (Å²) in [7, 11) is 0. The molecule has 0 fully saturated rings. The molecule has 0 aliphatic carbocycles. The Hall–Kier alpha value is -1.80. The van der Waals surface area contributed by atoms with Crippen molar-refractivity contribution in [3.8, 4) is 0 Å². The lowest BCUT2D eigenvalue weighted by Gasteiger charge is -2.33. The van der Waals surface area contributed by atoms with Gasteiger partial charge in [-0.3, -0.25) is 4.79 Å². The summed E-state index contributed by atoms with van der Waals surface area (Å²) in [4.78, 5) is 14.7. The Kier molecular flexibility index (Phi) is 5.03. The van der Waals surface area contributed by atoms with Gasteiger partial charge in [0.15, 0.2) is 0 Å². The van der Waals surface area contributed by atoms with Crippen LogP contribution in [-0.4, -0.2) is 16.8 Å². The molecule has 0 heterocycles. The van der Waals surface area contributed by atoms with Crippen molar-refractivity contribution in [1.29, 1.82) is 0 Å². The normalized spacial score (nSPS) is 12.2. The largest absolute Gasteiger partial charge is 0.329 e. The van der Waals surface area contributed by atoms with Crippen LogP contribution in [0.3, 0.4) is 0 Å². The zero-order valence-corrected chi connectivity index (χ0v) is 13.3. The maximum atomic E-state index is 12.9. The van der Waals surface area contributed by atoms with Gasteiger partial charge >= 0.3 is 0 Å². The van der Waals surface area contributed by atoms with Crippen LogP contribution in [0.2, 0.25) is 5.02 Å². The molecular weight excluding hydrogens is 282 g/mol. The minimum absolute atomic E-state index is 0.00465. The van der Waals surface area contributed by atoms with Gasteiger partial charge in [-0.05, 0) is 38.5 Å². The van der Waals surface area contributed by atoms with Crippen LogP contribution >= 0.6 is 11.6 Å². The first-order valence-corrected chi connectivity index (χ1v) is 7.52. The third-order valence-corrected chi connectivity index (χ3v) is 3.92. The van der Waals surface area contributed by atoms with Gasteiger partial charge in [-0.2, -0.15) is 0 Å². The van der Waals surface area contributed by atoms with Crippen LogP contribution in [-0.2, 0) is 0 Å². The molecule has 0 spiro atoms. The first kappa shape index (κ1) is 15.6. The summed E-state index contributed by atoms with van der Waals surface area (Å²) in [6.07, 6.45) is 0. The molecule has 0 saturated heterocycles. The van der Waals surface area contributed by atoms with Gasteiger partial charge in [-0.15, -0.1) is 0 Å². The Labute approximate surface area is 131 Å². The molecular formula is C18H20ClNO. The van der Waals surface area contributed by atoms with E-state index in [9.17, 15) is 4.79 Å². The number of carbonyl (C=O) groups is 1. The summed E-state index contributed by atoms with van der Waals surface area (Å²) >= 11 is 6.17. The van der Waals surface area contributed by atoms with Crippen LogP contribution in [0.5, 0.6) is 0 Å². The average Bonchev–Trinajstić information content (AvgIpc) is 2.48. The molecule has 0 saturated carbocycles. The van der Waals surface area contributed by atoms with Crippen molar-refractivity contribution in [1.82, 2.24) is 4.90 Å². The van der Waals surface area contributed by atoms with E-state index in [4.69, 9.17) is 11.6 Å². The summed E-state index contributed by atoms with van der Waals surface area (Å²) in [5.41, 5.74) is 1.67. The van der Waals surface area contributed by atoms with Crippen LogP contribution in [0.4, 0.5) is 0 Å². The van der Waals surface area contributed by atoms with E-state index >= 15 is 0 Å². The van der Waals surface area contributed by atoms with Crippen molar-refractivity contribution in [3.05, 3.63) is 70.7 Å². The van der Waals surface area contributed by atoms with Crippen LogP contribution < -0.4 is 0 Å². The first-order valence-electron chi connectivity index (χ1n) is 7.14. The molecule has 2 aromatic carbocycles. The van der Waals surface area contributed by atoms with E-state index in [1.54, 1.807) is 12.1 Å². The van der Waals surface area contributed by atoms with Gasteiger partial charge < -0.3 is 4.90 Å². The zero-order valence-electron chi connectivity index (χ0n) is 12.6. The molecule has 110 valence electrons. The zero-order chi connectivity index (χ0) is 15.4. The van der Waals surface area contributed by atoms with E-state index in [1.165, 1.54) is 0 Å². The van der Waals surface area contributed by atoms with E-state index in [0.717, 1.165) is 5.56 Å². The second-order valence-corrected chi connectivity index (χ2v) is 5.78. The average molecular weight is 302 g/mol. The van der Waals surface area contributed by atoms with Crippen LogP contribution in [0.15, 0.2) is 54.6 Å². The summed E-state index contributed by atoms with van der Waals surface area (Å²) < 4.78 is 0. The summed E-state index contributed by atoms with van der Waals surface area (Å²) in [6, 6.07) is 17.3. The molecule has 3 heteroatoms. The second-order valence-electron chi connectivity index (χ2n) is 5.37. The minimum atomic E-state index is -0.0352. The maximum absolute atomic E-state index is 12.9. The van der Waals surface area contributed by atoms with Crippen molar-refractivity contribution >= 4 is 17.5 Å². The van der Waals surface area contributed by atoms with Gasteiger partial charge in [0.05, 0.1) is 16.6 Å². The van der Waals surface area contributed by atoms with Crippen molar-refractivity contribution in [2.45, 2.75) is 32.9 Å². The molecule has 0 bridgehead atoms. The number of nitrogens with zero attached hydrogens (tertiary/aromatic N) is 1. The molecule has 21 heavy (non-hydrogen) atoms. The molecule has 1 atom stereocenters. The number of benzene rings is 2. The Bertz CT molecular complexity index is 610. The van der Waals surface area contributed by atoms with Crippen LogP contribution in [0.1, 0.15) is 42.7 Å². The molecule has 0 aromatic heterocycles. The lowest BCUT2D eigenvalue weighted by atomic mass is 10.0. The highest BCUT2D eigenvalue weighted by Crippen LogP contribution is 2.26. The smallest absolute Gasteiger partial charge is 0.256 e. The molecule has 0 aliphatic heterocycles. The molecule has 0 radical (unpaired) electrons. The number of hydrogen-bond acceptors (Lipinski definition) is 1. The number of amides is 1. The fourth-order valence-corrected chi connectivity index (χ4v) is 2.74. The van der Waals surface area contributed by atoms with Crippen LogP contribution in [0.25, 0.3) is 0 Å². The van der Waals surface area contributed by atoms with Crippen molar-refractivity contribution in [3.63, 3.8) is 0 Å². The van der Waals surface area contributed by atoms with Gasteiger partial charge in [0, 0.05) is 6.04 Å². The van der Waals surface area contributed by atoms with E-state index in [2.05, 4.69) is 0 Å². The molecule has 2 aromatic rings. The number of halogens is 1. The molecule has 2 nitrogen and oxygen atoms in total. The van der Waals surface area contributed by atoms with E-state index in [1.807, 2.05) is 68.1 Å². The molecule has 2 rings (SSSR count). The predicted octanol–water partition coefficient (Wildman–Crippen LogP) is 4.95. The van der Waals surface area contributed by atoms with Gasteiger partial charge in [0.25, 0.3) is 5.91 Å². The van der Waals surface area contributed by atoms with E-state index < -0.39 is 0 Å². The molecule has 1 unspecified atom stereocenters. The topological polar surface area (TPSA) is 20.3 Å². The van der Waals surface area contributed by atoms with Gasteiger partial charge in [0.2, 0.25) is 0 Å². The minimum Gasteiger partial charge on any atom is -0.329 e. The third-order valence-electron chi connectivity index (χ3n) is 3.59.